The van der Waals surface area contributed by atoms with E-state index in [1.54, 1.807) is 36.9 Å². The number of hydrogen-bond acceptors (Lipinski definition) is 4. The van der Waals surface area contributed by atoms with Crippen LogP contribution in [0.25, 0.3) is 0 Å². The van der Waals surface area contributed by atoms with E-state index in [4.69, 9.17) is 4.42 Å². The Morgan fingerprint density at radius 2 is 1.75 bits per heavy atom. The third-order valence-corrected chi connectivity index (χ3v) is 4.60. The van der Waals surface area contributed by atoms with Gasteiger partial charge in [-0.25, -0.2) is 9.37 Å². The number of alkyl halides is 3. The fourth-order valence-electron chi connectivity index (χ4n) is 3.21. The quantitative estimate of drug-likeness (QED) is 0.482. The number of hydrogen-bond donors (Lipinski definition) is 1. The van der Waals surface area contributed by atoms with Gasteiger partial charge in [0.05, 0.1) is 12.1 Å². The maximum atomic E-state index is 13.5. The third kappa shape index (κ3) is 6.40. The maximum Gasteiger partial charge on any atom is 0.416 e. The van der Waals surface area contributed by atoms with Gasteiger partial charge in [0.15, 0.2) is 5.69 Å². The van der Waals surface area contributed by atoms with Crippen molar-refractivity contribution in [2.24, 2.45) is 0 Å². The molecule has 1 amide bonds. The monoisotopic (exact) mass is 449 g/mol. The SMILES string of the molecule is CC(C)NC(=O)c1coc(CN(Cc2ccc(F)cc2)Cc2ccccc2C(F)(F)F)n1. The molecule has 0 aliphatic carbocycles. The number of carbonyl (C=O) groups is 1. The number of amides is 1. The van der Waals surface area contributed by atoms with Gasteiger partial charge in [-0.3, -0.25) is 9.69 Å². The number of nitrogens with one attached hydrogen (secondary N) is 1. The highest BCUT2D eigenvalue weighted by molar-refractivity contribution is 5.92. The van der Waals surface area contributed by atoms with E-state index in [-0.39, 0.29) is 42.8 Å². The van der Waals surface area contributed by atoms with Crippen molar-refractivity contribution in [2.75, 3.05) is 0 Å². The highest BCUT2D eigenvalue weighted by Crippen LogP contribution is 2.32. The molecule has 170 valence electrons. The summed E-state index contributed by atoms with van der Waals surface area (Å²) in [7, 11) is 0. The number of benzene rings is 2. The second-order valence-corrected chi connectivity index (χ2v) is 7.68. The molecule has 1 heterocycles. The Labute approximate surface area is 183 Å². The highest BCUT2D eigenvalue weighted by Gasteiger charge is 2.33. The van der Waals surface area contributed by atoms with Crippen LogP contribution in [0.5, 0.6) is 0 Å². The van der Waals surface area contributed by atoms with Crippen LogP contribution in [0.4, 0.5) is 17.6 Å². The molecule has 0 fully saturated rings. The standard InChI is InChI=1S/C23H23F4N3O2/c1-15(2)28-22(31)20-14-32-21(29-20)13-30(11-16-7-9-18(24)10-8-16)12-17-5-3-4-6-19(17)23(25,26)27/h3-10,14-15H,11-13H2,1-2H3,(H,28,31). The van der Waals surface area contributed by atoms with Crippen molar-refractivity contribution in [2.45, 2.75) is 45.7 Å². The predicted molar refractivity (Wildman–Crippen MR) is 110 cm³/mol. The van der Waals surface area contributed by atoms with Gasteiger partial charge in [-0.2, -0.15) is 13.2 Å². The van der Waals surface area contributed by atoms with Crippen LogP contribution in [0.3, 0.4) is 0 Å². The van der Waals surface area contributed by atoms with Gasteiger partial charge in [0.2, 0.25) is 5.89 Å². The van der Waals surface area contributed by atoms with E-state index >= 15 is 0 Å². The molecule has 1 aromatic heterocycles. The van der Waals surface area contributed by atoms with Crippen LogP contribution in [0.1, 0.15) is 46.9 Å². The largest absolute Gasteiger partial charge is 0.447 e. The van der Waals surface area contributed by atoms with Crippen LogP contribution < -0.4 is 5.32 Å². The van der Waals surface area contributed by atoms with Crippen LogP contribution in [0.2, 0.25) is 0 Å². The first-order chi connectivity index (χ1) is 15.1. The van der Waals surface area contributed by atoms with E-state index in [2.05, 4.69) is 10.3 Å². The summed E-state index contributed by atoms with van der Waals surface area (Å²) in [5, 5.41) is 2.70. The average molecular weight is 449 g/mol. The van der Waals surface area contributed by atoms with Crippen molar-refractivity contribution in [3.63, 3.8) is 0 Å². The van der Waals surface area contributed by atoms with Crippen molar-refractivity contribution in [3.8, 4) is 0 Å². The third-order valence-electron chi connectivity index (χ3n) is 4.60. The molecule has 0 saturated heterocycles. The molecule has 3 aromatic rings. The van der Waals surface area contributed by atoms with E-state index in [0.717, 1.165) is 6.07 Å². The van der Waals surface area contributed by atoms with Crippen molar-refractivity contribution >= 4 is 5.91 Å². The van der Waals surface area contributed by atoms with Gasteiger partial charge in [-0.05, 0) is 43.2 Å². The zero-order valence-corrected chi connectivity index (χ0v) is 17.6. The molecule has 0 bridgehead atoms. The van der Waals surface area contributed by atoms with E-state index in [1.165, 1.54) is 30.5 Å². The Morgan fingerprint density at radius 1 is 1.06 bits per heavy atom. The molecule has 0 aliphatic heterocycles. The molecule has 0 radical (unpaired) electrons. The first-order valence-corrected chi connectivity index (χ1v) is 9.99. The molecule has 0 spiro atoms. The second kappa shape index (κ2) is 9.95. The van der Waals surface area contributed by atoms with Gasteiger partial charge in [-0.15, -0.1) is 0 Å². The van der Waals surface area contributed by atoms with Crippen LogP contribution in [-0.4, -0.2) is 21.8 Å². The van der Waals surface area contributed by atoms with Gasteiger partial charge in [0.1, 0.15) is 12.1 Å². The van der Waals surface area contributed by atoms with Crippen LogP contribution >= 0.6 is 0 Å². The number of nitrogens with zero attached hydrogens (tertiary/aromatic N) is 2. The minimum absolute atomic E-state index is 0.0526. The summed E-state index contributed by atoms with van der Waals surface area (Å²) in [5.74, 6) is -0.621. The molecule has 0 saturated carbocycles. The fourth-order valence-corrected chi connectivity index (χ4v) is 3.21. The Balaban J connectivity index is 1.84. The molecule has 0 unspecified atom stereocenters. The van der Waals surface area contributed by atoms with E-state index in [1.807, 2.05) is 0 Å². The number of rotatable bonds is 8. The summed E-state index contributed by atoms with van der Waals surface area (Å²) < 4.78 is 59.0. The Kier molecular flexibility index (Phi) is 7.29. The van der Waals surface area contributed by atoms with Gasteiger partial charge < -0.3 is 9.73 Å². The van der Waals surface area contributed by atoms with Gasteiger partial charge in [0, 0.05) is 19.1 Å². The Morgan fingerprint density at radius 3 is 2.41 bits per heavy atom. The topological polar surface area (TPSA) is 58.4 Å². The van der Waals surface area contributed by atoms with Crippen molar-refractivity contribution < 1.29 is 26.8 Å². The van der Waals surface area contributed by atoms with E-state index in [9.17, 15) is 22.4 Å². The summed E-state index contributed by atoms with van der Waals surface area (Å²) in [5.41, 5.74) is 0.159. The zero-order valence-electron chi connectivity index (χ0n) is 17.6. The molecule has 32 heavy (non-hydrogen) atoms. The second-order valence-electron chi connectivity index (χ2n) is 7.68. The minimum atomic E-state index is -4.50. The Bertz CT molecular complexity index is 1050. The van der Waals surface area contributed by atoms with Crippen molar-refractivity contribution in [3.05, 3.63) is 88.9 Å². The summed E-state index contributed by atoms with van der Waals surface area (Å²) in [6, 6.07) is 10.9. The molecular weight excluding hydrogens is 426 g/mol. The van der Waals surface area contributed by atoms with Gasteiger partial charge in [0.25, 0.3) is 5.91 Å². The molecule has 3 rings (SSSR count). The predicted octanol–water partition coefficient (Wildman–Crippen LogP) is 5.17. The minimum Gasteiger partial charge on any atom is -0.447 e. The Hall–Kier alpha value is -3.20. The molecule has 0 aliphatic rings. The number of halogens is 4. The number of carbonyl (C=O) groups excluding carboxylic acids is 1. The number of oxazole rings is 1. The number of aromatic nitrogens is 1. The zero-order chi connectivity index (χ0) is 23.3. The normalized spacial score (nSPS) is 11.9. The lowest BCUT2D eigenvalue weighted by Crippen LogP contribution is -2.30. The van der Waals surface area contributed by atoms with Crippen LogP contribution in [-0.2, 0) is 25.8 Å². The summed E-state index contributed by atoms with van der Waals surface area (Å²) in [4.78, 5) is 18.0. The van der Waals surface area contributed by atoms with Crippen LogP contribution in [0.15, 0.2) is 59.2 Å². The van der Waals surface area contributed by atoms with Crippen molar-refractivity contribution in [1.82, 2.24) is 15.2 Å². The first kappa shape index (κ1) is 23.5. The summed E-state index contributed by atoms with van der Waals surface area (Å²) in [6.07, 6.45) is -3.28. The lowest BCUT2D eigenvalue weighted by atomic mass is 10.1. The lowest BCUT2D eigenvalue weighted by Gasteiger charge is -2.23. The molecular formula is C23H23F4N3O2. The molecule has 5 nitrogen and oxygen atoms in total. The first-order valence-electron chi connectivity index (χ1n) is 9.99. The van der Waals surface area contributed by atoms with Gasteiger partial charge in [-0.1, -0.05) is 30.3 Å². The maximum absolute atomic E-state index is 13.5. The van der Waals surface area contributed by atoms with Crippen molar-refractivity contribution in [1.29, 1.82) is 0 Å². The average Bonchev–Trinajstić information content (AvgIpc) is 3.17. The molecule has 1 N–H and O–H groups in total. The molecule has 0 atom stereocenters. The van der Waals surface area contributed by atoms with Crippen LogP contribution in [0, 0.1) is 5.82 Å². The lowest BCUT2D eigenvalue weighted by molar-refractivity contribution is -0.138. The van der Waals surface area contributed by atoms with Gasteiger partial charge >= 0.3 is 6.18 Å². The fraction of sp³-hybridized carbons (Fsp3) is 0.304. The summed E-state index contributed by atoms with van der Waals surface area (Å²) in [6.45, 7) is 3.84. The van der Waals surface area contributed by atoms with E-state index < -0.39 is 23.5 Å². The summed E-state index contributed by atoms with van der Waals surface area (Å²) >= 11 is 0. The molecule has 9 heteroatoms. The van der Waals surface area contributed by atoms with E-state index in [0.29, 0.717) is 5.56 Å². The highest BCUT2D eigenvalue weighted by atomic mass is 19.4. The molecule has 2 aromatic carbocycles. The smallest absolute Gasteiger partial charge is 0.416 e.